The lowest BCUT2D eigenvalue weighted by molar-refractivity contribution is 0.0171. The number of rotatable bonds is 3. The van der Waals surface area contributed by atoms with E-state index in [2.05, 4.69) is 10.3 Å². The van der Waals surface area contributed by atoms with Crippen LogP contribution in [0, 0.1) is 5.82 Å². The minimum Gasteiger partial charge on any atom is -0.373 e. The molecule has 2 aliphatic heterocycles. The number of nitrogens with one attached hydrogen (secondary N) is 1. The van der Waals surface area contributed by atoms with E-state index >= 15 is 0 Å². The summed E-state index contributed by atoms with van der Waals surface area (Å²) in [5, 5.41) is 3.45. The second kappa shape index (κ2) is 7.72. The number of thiazole rings is 1. The van der Waals surface area contributed by atoms with Crippen LogP contribution in [0.1, 0.15) is 54.7 Å². The molecule has 26 heavy (non-hydrogen) atoms. The maximum Gasteiger partial charge on any atom is 0.324 e. The fourth-order valence-corrected chi connectivity index (χ4v) is 4.59. The zero-order valence-electron chi connectivity index (χ0n) is 14.5. The average molecular weight is 375 g/mol. The molecule has 0 aliphatic carbocycles. The Labute approximate surface area is 156 Å². The molecule has 2 aromatic rings. The van der Waals surface area contributed by atoms with Crippen molar-refractivity contribution in [1.29, 1.82) is 0 Å². The van der Waals surface area contributed by atoms with Gasteiger partial charge in [-0.3, -0.25) is 5.32 Å². The number of carbonyl (C=O) groups is 1. The monoisotopic (exact) mass is 375 g/mol. The zero-order chi connectivity index (χ0) is 17.9. The number of benzene rings is 1. The average Bonchev–Trinajstić information content (AvgIpc) is 3.32. The molecule has 2 aliphatic rings. The Hall–Kier alpha value is -1.99. The van der Waals surface area contributed by atoms with Crippen LogP contribution in [-0.4, -0.2) is 29.1 Å². The zero-order valence-corrected chi connectivity index (χ0v) is 15.3. The Balaban J connectivity index is 1.44. The van der Waals surface area contributed by atoms with Gasteiger partial charge >= 0.3 is 6.03 Å². The molecule has 138 valence electrons. The van der Waals surface area contributed by atoms with E-state index in [1.54, 1.807) is 23.2 Å². The highest BCUT2D eigenvalue weighted by atomic mass is 32.1. The quantitative estimate of drug-likeness (QED) is 0.831. The summed E-state index contributed by atoms with van der Waals surface area (Å²) in [6.07, 6.45) is 6.77. The van der Waals surface area contributed by atoms with Crippen molar-refractivity contribution in [2.75, 3.05) is 18.5 Å². The molecule has 2 unspecified atom stereocenters. The van der Waals surface area contributed by atoms with Gasteiger partial charge in [-0.05, 0) is 38.2 Å². The van der Waals surface area contributed by atoms with E-state index < -0.39 is 0 Å². The Kier molecular flexibility index (Phi) is 5.17. The van der Waals surface area contributed by atoms with Crippen LogP contribution in [0.5, 0.6) is 0 Å². The number of urea groups is 1. The first-order chi connectivity index (χ1) is 12.7. The molecule has 4 rings (SSSR count). The molecule has 1 N–H and O–H groups in total. The molecule has 3 heterocycles. The molecule has 5 nitrogen and oxygen atoms in total. The largest absolute Gasteiger partial charge is 0.373 e. The van der Waals surface area contributed by atoms with Gasteiger partial charge in [-0.25, -0.2) is 14.2 Å². The maximum atomic E-state index is 14.1. The summed E-state index contributed by atoms with van der Waals surface area (Å²) < 4.78 is 19.9. The molecule has 7 heteroatoms. The third kappa shape index (κ3) is 3.59. The van der Waals surface area contributed by atoms with Gasteiger partial charge in [0.1, 0.15) is 5.82 Å². The van der Waals surface area contributed by atoms with Crippen molar-refractivity contribution in [2.45, 2.75) is 44.2 Å². The summed E-state index contributed by atoms with van der Waals surface area (Å²) in [7, 11) is 0. The summed E-state index contributed by atoms with van der Waals surface area (Å²) in [6, 6.07) is 6.24. The van der Waals surface area contributed by atoms with E-state index in [1.165, 1.54) is 17.4 Å². The Bertz CT molecular complexity index is 776. The third-order valence-corrected chi connectivity index (χ3v) is 6.02. The number of ether oxygens (including phenoxy) is 1. The van der Waals surface area contributed by atoms with Gasteiger partial charge in [-0.2, -0.15) is 0 Å². The molecule has 2 saturated heterocycles. The minimum atomic E-state index is -0.261. The molecule has 2 fully saturated rings. The van der Waals surface area contributed by atoms with Crippen LogP contribution in [0.3, 0.4) is 0 Å². The van der Waals surface area contributed by atoms with Crippen LogP contribution in [0.25, 0.3) is 0 Å². The van der Waals surface area contributed by atoms with Crippen LogP contribution in [-0.2, 0) is 4.74 Å². The first-order valence-corrected chi connectivity index (χ1v) is 9.93. The number of anilines is 1. The lowest BCUT2D eigenvalue weighted by atomic mass is 10.0. The number of likely N-dealkylation sites (tertiary alicyclic amines) is 1. The lowest BCUT2D eigenvalue weighted by Gasteiger charge is -2.25. The first-order valence-electron chi connectivity index (χ1n) is 9.12. The number of halogens is 1. The van der Waals surface area contributed by atoms with Crippen LogP contribution >= 0.6 is 11.3 Å². The lowest BCUT2D eigenvalue weighted by Crippen LogP contribution is -2.34. The van der Waals surface area contributed by atoms with Crippen molar-refractivity contribution >= 4 is 22.5 Å². The molecule has 0 saturated carbocycles. The van der Waals surface area contributed by atoms with Crippen LogP contribution in [0.4, 0.5) is 14.3 Å². The van der Waals surface area contributed by atoms with E-state index in [1.807, 2.05) is 6.07 Å². The van der Waals surface area contributed by atoms with E-state index in [-0.39, 0.29) is 24.0 Å². The van der Waals surface area contributed by atoms with E-state index in [0.29, 0.717) is 17.2 Å². The number of nitrogens with zero attached hydrogens (tertiary/aromatic N) is 2. The number of hydrogen-bond donors (Lipinski definition) is 1. The molecule has 1 aromatic carbocycles. The van der Waals surface area contributed by atoms with Gasteiger partial charge in [0, 0.05) is 24.9 Å². The molecule has 2 amide bonds. The summed E-state index contributed by atoms with van der Waals surface area (Å²) in [4.78, 5) is 19.8. The highest BCUT2D eigenvalue weighted by molar-refractivity contribution is 7.15. The van der Waals surface area contributed by atoms with Gasteiger partial charge in [-0.1, -0.05) is 29.5 Å². The van der Waals surface area contributed by atoms with Crippen molar-refractivity contribution in [3.8, 4) is 0 Å². The predicted octanol–water partition coefficient (Wildman–Crippen LogP) is 4.89. The van der Waals surface area contributed by atoms with Gasteiger partial charge in [0.15, 0.2) is 5.13 Å². The predicted molar refractivity (Wildman–Crippen MR) is 98.8 cm³/mol. The highest BCUT2D eigenvalue weighted by Crippen LogP contribution is 2.35. The van der Waals surface area contributed by atoms with Crippen LogP contribution < -0.4 is 5.32 Å². The molecule has 1 aromatic heterocycles. The van der Waals surface area contributed by atoms with Gasteiger partial charge in [0.25, 0.3) is 0 Å². The Morgan fingerprint density at radius 2 is 2.15 bits per heavy atom. The fraction of sp³-hybridized carbons (Fsp3) is 0.474. The first kappa shape index (κ1) is 17.4. The normalized spacial score (nSPS) is 23.2. The van der Waals surface area contributed by atoms with E-state index in [4.69, 9.17) is 4.74 Å². The fourth-order valence-electron chi connectivity index (χ4n) is 3.70. The molecular formula is C19H22FN3O2S. The number of aromatic nitrogens is 1. The summed E-state index contributed by atoms with van der Waals surface area (Å²) >= 11 is 1.46. The van der Waals surface area contributed by atoms with Crippen molar-refractivity contribution < 1.29 is 13.9 Å². The smallest absolute Gasteiger partial charge is 0.324 e. The number of amides is 2. The maximum absolute atomic E-state index is 14.1. The van der Waals surface area contributed by atoms with Crippen molar-refractivity contribution in [2.24, 2.45) is 0 Å². The number of carbonyl (C=O) groups excluding carboxylic acids is 1. The third-order valence-electron chi connectivity index (χ3n) is 5.01. The molecule has 0 bridgehead atoms. The second-order valence-electron chi connectivity index (χ2n) is 6.73. The van der Waals surface area contributed by atoms with Crippen LogP contribution in [0.2, 0.25) is 0 Å². The highest BCUT2D eigenvalue weighted by Gasteiger charge is 2.32. The van der Waals surface area contributed by atoms with Gasteiger partial charge < -0.3 is 9.64 Å². The van der Waals surface area contributed by atoms with Crippen molar-refractivity contribution in [3.05, 3.63) is 46.7 Å². The molecule has 0 radical (unpaired) electrons. The summed E-state index contributed by atoms with van der Waals surface area (Å²) in [5.41, 5.74) is 0.579. The summed E-state index contributed by atoms with van der Waals surface area (Å²) in [5.74, 6) is -0.261. The van der Waals surface area contributed by atoms with Crippen molar-refractivity contribution in [3.63, 3.8) is 0 Å². The molecule has 2 atom stereocenters. The number of hydrogen-bond acceptors (Lipinski definition) is 4. The van der Waals surface area contributed by atoms with Gasteiger partial charge in [0.2, 0.25) is 0 Å². The standard InChI is InChI=1S/C19H22FN3O2S/c20-14-7-2-1-6-13(14)15-8-5-10-23(15)19(24)22-18-21-12-17(26-18)16-9-3-4-11-25-16/h1-2,6-7,12,15-16H,3-5,8-11H2,(H,21,22,24). The Morgan fingerprint density at radius 3 is 2.96 bits per heavy atom. The van der Waals surface area contributed by atoms with Gasteiger partial charge in [-0.15, -0.1) is 0 Å². The van der Waals surface area contributed by atoms with E-state index in [0.717, 1.165) is 43.6 Å². The molecule has 0 spiro atoms. The van der Waals surface area contributed by atoms with Gasteiger partial charge in [0.05, 0.1) is 17.0 Å². The molecular weight excluding hydrogens is 353 g/mol. The van der Waals surface area contributed by atoms with Crippen LogP contribution in [0.15, 0.2) is 30.5 Å². The van der Waals surface area contributed by atoms with E-state index in [9.17, 15) is 9.18 Å². The SMILES string of the molecule is O=C(Nc1ncc(C2CCCCO2)s1)N1CCCC1c1ccccc1F. The van der Waals surface area contributed by atoms with Crippen molar-refractivity contribution in [1.82, 2.24) is 9.88 Å². The second-order valence-corrected chi connectivity index (χ2v) is 7.79. The topological polar surface area (TPSA) is 54.5 Å². The summed E-state index contributed by atoms with van der Waals surface area (Å²) in [6.45, 7) is 1.40. The Morgan fingerprint density at radius 1 is 1.27 bits per heavy atom. The minimum absolute atomic E-state index is 0.0878.